The molecular formula is C28H34ClN3O6S. The van der Waals surface area contributed by atoms with Crippen LogP contribution >= 0.6 is 11.6 Å². The van der Waals surface area contributed by atoms with Gasteiger partial charge < -0.3 is 9.47 Å². The summed E-state index contributed by atoms with van der Waals surface area (Å²) < 4.78 is 37.9. The number of hydrogen-bond donors (Lipinski definition) is 1. The van der Waals surface area contributed by atoms with Gasteiger partial charge in [0.1, 0.15) is 33.2 Å². The van der Waals surface area contributed by atoms with Crippen LogP contribution in [0, 0.1) is 6.92 Å². The monoisotopic (exact) mass is 575 g/mol. The van der Waals surface area contributed by atoms with Crippen molar-refractivity contribution in [3.8, 4) is 5.75 Å². The molecule has 4 rings (SSSR count). The van der Waals surface area contributed by atoms with E-state index in [1.54, 1.807) is 58.9 Å². The number of aliphatic imine (C=N–C) groups is 1. The standard InChI is InChI=1S/C28H34ClN3O6S/c1-16-12-18(29)15-30-23(16)20(33)14-17-8-9-21-19(13-17)28(7)22(10-11-37-21)39(35,36)27(5,6)24(32-28)31-25(34)38-26(2,3)4/h8-9,12-13,15,22H,10-11,14H2,1-7H3,(H,31,32,34)/t22-,28+/m0/s1. The number of aromatic nitrogens is 1. The lowest BCUT2D eigenvalue weighted by Gasteiger charge is -2.44. The molecule has 0 saturated carbocycles. The lowest BCUT2D eigenvalue weighted by atomic mass is 9.85. The first-order valence-electron chi connectivity index (χ1n) is 12.7. The summed E-state index contributed by atoms with van der Waals surface area (Å²) in [4.78, 5) is 34.9. The van der Waals surface area contributed by atoms with Gasteiger partial charge in [-0.15, -0.1) is 0 Å². The summed E-state index contributed by atoms with van der Waals surface area (Å²) in [5.41, 5.74) is 0.0891. The molecule has 3 heterocycles. The number of aryl methyl sites for hydroxylation is 1. The van der Waals surface area contributed by atoms with E-state index in [1.165, 1.54) is 20.0 Å². The van der Waals surface area contributed by atoms with Gasteiger partial charge in [0, 0.05) is 24.6 Å². The van der Waals surface area contributed by atoms with E-state index < -0.39 is 37.1 Å². The van der Waals surface area contributed by atoms with E-state index in [2.05, 4.69) is 10.3 Å². The summed E-state index contributed by atoms with van der Waals surface area (Å²) in [5, 5.41) is 2.13. The Balaban J connectivity index is 1.79. The number of amides is 1. The number of carbonyl (C=O) groups excluding carboxylic acids is 2. The van der Waals surface area contributed by atoms with Crippen LogP contribution in [0.15, 0.2) is 35.5 Å². The van der Waals surface area contributed by atoms with Gasteiger partial charge in [-0.25, -0.2) is 13.2 Å². The third-order valence-electron chi connectivity index (χ3n) is 7.15. The Bertz CT molecular complexity index is 1480. The zero-order chi connectivity index (χ0) is 29.0. The molecule has 2 aliphatic rings. The van der Waals surface area contributed by atoms with Crippen LogP contribution in [0.1, 0.15) is 75.1 Å². The van der Waals surface area contributed by atoms with Crippen molar-refractivity contribution in [2.24, 2.45) is 4.99 Å². The van der Waals surface area contributed by atoms with E-state index in [4.69, 9.17) is 26.1 Å². The first-order chi connectivity index (χ1) is 18.0. The molecule has 0 spiro atoms. The van der Waals surface area contributed by atoms with E-state index >= 15 is 0 Å². The van der Waals surface area contributed by atoms with Crippen LogP contribution in [0.2, 0.25) is 5.02 Å². The third kappa shape index (κ3) is 5.41. The van der Waals surface area contributed by atoms with Gasteiger partial charge in [0.05, 0.1) is 16.9 Å². The third-order valence-corrected chi connectivity index (χ3v) is 10.4. The van der Waals surface area contributed by atoms with Crippen molar-refractivity contribution in [3.05, 3.63) is 57.9 Å². The number of fused-ring (bicyclic) bond motifs is 3. The predicted octanol–water partition coefficient (Wildman–Crippen LogP) is 4.97. The number of ether oxygens (including phenoxy) is 2. The van der Waals surface area contributed by atoms with Crippen LogP contribution in [0.3, 0.4) is 0 Å². The number of alkyl carbamates (subject to hydrolysis) is 1. The number of sulfone groups is 1. The zero-order valence-corrected chi connectivity index (χ0v) is 24.8. The number of benzene rings is 1. The second-order valence-corrected chi connectivity index (χ2v) is 14.8. The fraction of sp³-hybridized carbons (Fsp3) is 0.500. The molecule has 2 atom stereocenters. The lowest BCUT2D eigenvalue weighted by molar-refractivity contribution is 0.0560. The number of nitrogens with one attached hydrogen (secondary N) is 1. The van der Waals surface area contributed by atoms with Gasteiger partial charge in [0.25, 0.3) is 0 Å². The lowest BCUT2D eigenvalue weighted by Crippen LogP contribution is -2.61. The fourth-order valence-corrected chi connectivity index (χ4v) is 7.55. The molecule has 1 amide bonds. The highest BCUT2D eigenvalue weighted by Crippen LogP contribution is 2.48. The molecule has 9 nitrogen and oxygen atoms in total. The average Bonchev–Trinajstić information content (AvgIpc) is 2.93. The SMILES string of the molecule is Cc1cc(Cl)cnc1C(=O)Cc1ccc2c(c1)[C@@]1(C)N=C(NC(=O)OC(C)(C)C)C(C)(C)S(=O)(=O)[C@H]1CCO2. The van der Waals surface area contributed by atoms with Crippen molar-refractivity contribution >= 4 is 39.2 Å². The van der Waals surface area contributed by atoms with Crippen molar-refractivity contribution in [2.45, 2.75) is 82.4 Å². The Hall–Kier alpha value is -2.98. The highest BCUT2D eigenvalue weighted by molar-refractivity contribution is 7.94. The molecule has 0 aliphatic carbocycles. The number of amidine groups is 1. The summed E-state index contributed by atoms with van der Waals surface area (Å²) in [6.07, 6.45) is 0.888. The molecule has 1 aromatic heterocycles. The van der Waals surface area contributed by atoms with E-state index in [0.29, 0.717) is 33.2 Å². The second kappa shape index (κ2) is 9.89. The van der Waals surface area contributed by atoms with Crippen LogP contribution in [-0.4, -0.2) is 53.3 Å². The number of Topliss-reactive ketones (excluding diaryl/α,β-unsaturated/α-hetero) is 1. The van der Waals surface area contributed by atoms with Crippen molar-refractivity contribution < 1.29 is 27.5 Å². The highest BCUT2D eigenvalue weighted by atomic mass is 35.5. The zero-order valence-electron chi connectivity index (χ0n) is 23.2. The van der Waals surface area contributed by atoms with E-state index in [9.17, 15) is 18.0 Å². The van der Waals surface area contributed by atoms with Crippen LogP contribution in [0.25, 0.3) is 0 Å². The number of carbonyl (C=O) groups is 2. The van der Waals surface area contributed by atoms with Gasteiger partial charge >= 0.3 is 6.09 Å². The molecular weight excluding hydrogens is 542 g/mol. The number of rotatable bonds is 3. The summed E-state index contributed by atoms with van der Waals surface area (Å²) in [6, 6.07) is 6.95. The second-order valence-electron chi connectivity index (χ2n) is 11.7. The molecule has 2 aliphatic heterocycles. The maximum atomic E-state index is 14.0. The van der Waals surface area contributed by atoms with Crippen LogP contribution in [0.4, 0.5) is 4.79 Å². The van der Waals surface area contributed by atoms with Gasteiger partial charge in [-0.3, -0.25) is 20.1 Å². The molecule has 2 aromatic rings. The molecule has 11 heteroatoms. The predicted molar refractivity (Wildman–Crippen MR) is 150 cm³/mol. The summed E-state index contributed by atoms with van der Waals surface area (Å²) >= 11 is 5.99. The number of nitrogens with zero attached hydrogens (tertiary/aromatic N) is 2. The molecule has 0 radical (unpaired) electrons. The number of halogens is 1. The Kier molecular flexibility index (Phi) is 7.36. The van der Waals surface area contributed by atoms with Crippen molar-refractivity contribution in [1.82, 2.24) is 10.3 Å². The Morgan fingerprint density at radius 3 is 2.54 bits per heavy atom. The quantitative estimate of drug-likeness (QED) is 0.513. The molecule has 39 heavy (non-hydrogen) atoms. The van der Waals surface area contributed by atoms with Crippen molar-refractivity contribution in [1.29, 1.82) is 0 Å². The molecule has 0 saturated heterocycles. The normalized spacial score (nSPS) is 23.3. The topological polar surface area (TPSA) is 124 Å². The first-order valence-corrected chi connectivity index (χ1v) is 14.6. The van der Waals surface area contributed by atoms with Crippen molar-refractivity contribution in [2.75, 3.05) is 6.61 Å². The van der Waals surface area contributed by atoms with Gasteiger partial charge in [0.15, 0.2) is 15.6 Å². The summed E-state index contributed by atoms with van der Waals surface area (Å²) in [7, 11) is -3.88. The number of pyridine rings is 1. The van der Waals surface area contributed by atoms with E-state index in [-0.39, 0.29) is 31.1 Å². The Morgan fingerprint density at radius 2 is 1.90 bits per heavy atom. The molecule has 0 fully saturated rings. The number of hydrogen-bond acceptors (Lipinski definition) is 8. The minimum absolute atomic E-state index is 0.00850. The molecule has 0 unspecified atom stereocenters. The van der Waals surface area contributed by atoms with Crippen LogP contribution < -0.4 is 10.1 Å². The van der Waals surface area contributed by atoms with Crippen molar-refractivity contribution in [3.63, 3.8) is 0 Å². The number of ketones is 1. The summed E-state index contributed by atoms with van der Waals surface area (Å²) in [6.45, 7) is 11.9. The minimum Gasteiger partial charge on any atom is -0.493 e. The highest BCUT2D eigenvalue weighted by Gasteiger charge is 2.58. The average molecular weight is 576 g/mol. The smallest absolute Gasteiger partial charge is 0.413 e. The molecule has 1 N–H and O–H groups in total. The molecule has 1 aromatic carbocycles. The molecule has 0 bridgehead atoms. The molecule has 210 valence electrons. The first kappa shape index (κ1) is 29.0. The van der Waals surface area contributed by atoms with Gasteiger partial charge in [-0.1, -0.05) is 17.7 Å². The van der Waals surface area contributed by atoms with Gasteiger partial charge in [-0.05, 0) is 77.8 Å². The van der Waals surface area contributed by atoms with Gasteiger partial charge in [0.2, 0.25) is 0 Å². The minimum atomic E-state index is -3.88. The maximum Gasteiger partial charge on any atom is 0.413 e. The van der Waals surface area contributed by atoms with E-state index in [1.807, 2.05) is 0 Å². The van der Waals surface area contributed by atoms with Gasteiger partial charge in [-0.2, -0.15) is 0 Å². The largest absolute Gasteiger partial charge is 0.493 e. The Labute approximate surface area is 234 Å². The van der Waals surface area contributed by atoms with Crippen LogP contribution in [0.5, 0.6) is 5.75 Å². The Morgan fingerprint density at radius 1 is 1.21 bits per heavy atom. The van der Waals surface area contributed by atoms with Crippen LogP contribution in [-0.2, 0) is 26.5 Å². The van der Waals surface area contributed by atoms with E-state index in [0.717, 1.165) is 0 Å². The summed E-state index contributed by atoms with van der Waals surface area (Å²) in [5.74, 6) is 0.270. The maximum absolute atomic E-state index is 14.0. The fourth-order valence-electron chi connectivity index (χ4n) is 5.07.